The van der Waals surface area contributed by atoms with E-state index < -0.39 is 0 Å². The second kappa shape index (κ2) is 6.25. The summed E-state index contributed by atoms with van der Waals surface area (Å²) in [5.41, 5.74) is 1.72. The lowest BCUT2D eigenvalue weighted by Gasteiger charge is -2.28. The summed E-state index contributed by atoms with van der Waals surface area (Å²) in [6.07, 6.45) is 3.42. The highest BCUT2D eigenvalue weighted by Crippen LogP contribution is 2.33. The van der Waals surface area contributed by atoms with Crippen LogP contribution in [0.1, 0.15) is 24.1 Å². The summed E-state index contributed by atoms with van der Waals surface area (Å²) in [6, 6.07) is 8.74. The number of hydrogen-bond acceptors (Lipinski definition) is 2. The molecule has 1 heterocycles. The minimum absolute atomic E-state index is 0.0510. The molecule has 104 valence electrons. The number of nitrogens with zero attached hydrogens (tertiary/aromatic N) is 2. The fourth-order valence-electron chi connectivity index (χ4n) is 2.05. The highest BCUT2D eigenvalue weighted by molar-refractivity contribution is 6.35. The number of pyridine rings is 1. The highest BCUT2D eigenvalue weighted by atomic mass is 35.5. The van der Waals surface area contributed by atoms with Gasteiger partial charge in [0.25, 0.3) is 0 Å². The van der Waals surface area contributed by atoms with E-state index in [4.69, 9.17) is 23.2 Å². The molecular weight excluding hydrogens is 295 g/mol. The Hall–Kier alpha value is -1.58. The van der Waals surface area contributed by atoms with Crippen LogP contribution in [0.4, 0.5) is 0 Å². The molecule has 0 spiro atoms. The molecule has 2 rings (SSSR count). The molecule has 3 nitrogen and oxygen atoms in total. The number of rotatable bonds is 3. The average Bonchev–Trinajstić information content (AvgIpc) is 2.42. The zero-order valence-electron chi connectivity index (χ0n) is 11.2. The third-order valence-electron chi connectivity index (χ3n) is 3.14. The van der Waals surface area contributed by atoms with Crippen molar-refractivity contribution in [1.82, 2.24) is 9.88 Å². The van der Waals surface area contributed by atoms with Gasteiger partial charge in [-0.15, -0.1) is 0 Å². The van der Waals surface area contributed by atoms with E-state index in [2.05, 4.69) is 4.98 Å². The van der Waals surface area contributed by atoms with Crippen LogP contribution in [-0.2, 0) is 4.79 Å². The summed E-state index contributed by atoms with van der Waals surface area (Å²) in [6.45, 7) is 1.52. The lowest BCUT2D eigenvalue weighted by molar-refractivity contribution is -0.129. The quantitative estimate of drug-likeness (QED) is 0.860. The van der Waals surface area contributed by atoms with Crippen molar-refractivity contribution in [1.29, 1.82) is 0 Å². The number of carbonyl (C=O) groups is 1. The molecule has 20 heavy (non-hydrogen) atoms. The standard InChI is InChI=1S/C15H14Cl2N2O/c1-10(20)19(2)15(11-4-3-7-18-9-11)13-6-5-12(16)8-14(13)17/h3-9,15H,1-2H3. The predicted octanol–water partition coefficient (Wildman–Crippen LogP) is 3.96. The Morgan fingerprint density at radius 1 is 1.30 bits per heavy atom. The van der Waals surface area contributed by atoms with Crippen LogP contribution in [0.3, 0.4) is 0 Å². The molecular formula is C15H14Cl2N2O. The van der Waals surface area contributed by atoms with Crippen LogP contribution in [0.2, 0.25) is 10.0 Å². The van der Waals surface area contributed by atoms with Gasteiger partial charge in [-0.1, -0.05) is 35.3 Å². The molecule has 0 bridgehead atoms. The van der Waals surface area contributed by atoms with Gasteiger partial charge in [0.05, 0.1) is 6.04 Å². The highest BCUT2D eigenvalue weighted by Gasteiger charge is 2.23. The Kier molecular flexibility index (Phi) is 4.63. The number of halogens is 2. The Morgan fingerprint density at radius 2 is 2.05 bits per heavy atom. The summed E-state index contributed by atoms with van der Waals surface area (Å²) >= 11 is 12.2. The van der Waals surface area contributed by atoms with Gasteiger partial charge < -0.3 is 4.90 Å². The first-order valence-electron chi connectivity index (χ1n) is 6.09. The zero-order valence-corrected chi connectivity index (χ0v) is 12.7. The molecule has 1 unspecified atom stereocenters. The van der Waals surface area contributed by atoms with E-state index in [1.807, 2.05) is 18.2 Å². The van der Waals surface area contributed by atoms with Gasteiger partial charge in [0, 0.05) is 36.4 Å². The van der Waals surface area contributed by atoms with Gasteiger partial charge in [-0.05, 0) is 29.3 Å². The van der Waals surface area contributed by atoms with Gasteiger partial charge in [-0.3, -0.25) is 9.78 Å². The molecule has 1 atom stereocenters. The van der Waals surface area contributed by atoms with Gasteiger partial charge in [0.2, 0.25) is 5.91 Å². The number of carbonyl (C=O) groups excluding carboxylic acids is 1. The predicted molar refractivity (Wildman–Crippen MR) is 81.0 cm³/mol. The molecule has 0 fully saturated rings. The fraction of sp³-hybridized carbons (Fsp3) is 0.200. The molecule has 0 aliphatic rings. The van der Waals surface area contributed by atoms with Crippen molar-refractivity contribution in [2.45, 2.75) is 13.0 Å². The van der Waals surface area contributed by atoms with Crippen molar-refractivity contribution < 1.29 is 4.79 Å². The lowest BCUT2D eigenvalue weighted by atomic mass is 9.98. The molecule has 1 aromatic carbocycles. The third kappa shape index (κ3) is 3.11. The minimum Gasteiger partial charge on any atom is -0.335 e. The largest absolute Gasteiger partial charge is 0.335 e. The molecule has 0 radical (unpaired) electrons. The van der Waals surface area contributed by atoms with Crippen LogP contribution in [0, 0.1) is 0 Å². The van der Waals surface area contributed by atoms with E-state index in [9.17, 15) is 4.79 Å². The van der Waals surface area contributed by atoms with Gasteiger partial charge in [-0.2, -0.15) is 0 Å². The maximum absolute atomic E-state index is 11.7. The molecule has 1 amide bonds. The summed E-state index contributed by atoms with van der Waals surface area (Å²) in [4.78, 5) is 17.5. The van der Waals surface area contributed by atoms with Crippen molar-refractivity contribution in [2.24, 2.45) is 0 Å². The van der Waals surface area contributed by atoms with Crippen molar-refractivity contribution in [2.75, 3.05) is 7.05 Å². The second-order valence-corrected chi connectivity index (χ2v) is 5.33. The minimum atomic E-state index is -0.286. The van der Waals surface area contributed by atoms with Gasteiger partial charge >= 0.3 is 0 Å². The van der Waals surface area contributed by atoms with Crippen LogP contribution in [0.5, 0.6) is 0 Å². The van der Waals surface area contributed by atoms with Crippen LogP contribution in [0.15, 0.2) is 42.7 Å². The van der Waals surface area contributed by atoms with Crippen LogP contribution in [0.25, 0.3) is 0 Å². The lowest BCUT2D eigenvalue weighted by Crippen LogP contribution is -2.30. The van der Waals surface area contributed by atoms with Crippen molar-refractivity contribution in [3.05, 3.63) is 63.9 Å². The van der Waals surface area contributed by atoms with Gasteiger partial charge in [0.1, 0.15) is 0 Å². The van der Waals surface area contributed by atoms with Gasteiger partial charge in [-0.25, -0.2) is 0 Å². The maximum atomic E-state index is 11.7. The second-order valence-electron chi connectivity index (χ2n) is 4.48. The zero-order chi connectivity index (χ0) is 14.7. The molecule has 0 saturated heterocycles. The summed E-state index contributed by atoms with van der Waals surface area (Å²) < 4.78 is 0. The summed E-state index contributed by atoms with van der Waals surface area (Å²) in [7, 11) is 1.74. The van der Waals surface area contributed by atoms with E-state index in [-0.39, 0.29) is 11.9 Å². The SMILES string of the molecule is CC(=O)N(C)C(c1cccnc1)c1ccc(Cl)cc1Cl. The van der Waals surface area contributed by atoms with Gasteiger partial charge in [0.15, 0.2) is 0 Å². The van der Waals surface area contributed by atoms with E-state index in [1.54, 1.807) is 36.5 Å². The normalized spacial score (nSPS) is 12.0. The van der Waals surface area contributed by atoms with Crippen LogP contribution in [-0.4, -0.2) is 22.8 Å². The summed E-state index contributed by atoms with van der Waals surface area (Å²) in [5.74, 6) is -0.0510. The van der Waals surface area contributed by atoms with Crippen LogP contribution < -0.4 is 0 Å². The topological polar surface area (TPSA) is 33.2 Å². The maximum Gasteiger partial charge on any atom is 0.219 e. The Labute approximate surface area is 128 Å². The number of aromatic nitrogens is 1. The van der Waals surface area contributed by atoms with Crippen molar-refractivity contribution in [3.8, 4) is 0 Å². The first-order chi connectivity index (χ1) is 9.50. The van der Waals surface area contributed by atoms with Crippen molar-refractivity contribution >= 4 is 29.1 Å². The first kappa shape index (κ1) is 14.8. The fourth-order valence-corrected chi connectivity index (χ4v) is 2.57. The number of amides is 1. The number of benzene rings is 1. The molecule has 0 saturated carbocycles. The smallest absolute Gasteiger partial charge is 0.219 e. The summed E-state index contributed by atoms with van der Waals surface area (Å²) in [5, 5.41) is 1.09. The monoisotopic (exact) mass is 308 g/mol. The molecule has 2 aromatic rings. The van der Waals surface area contributed by atoms with E-state index >= 15 is 0 Å². The van der Waals surface area contributed by atoms with E-state index in [0.29, 0.717) is 10.0 Å². The first-order valence-corrected chi connectivity index (χ1v) is 6.84. The average molecular weight is 309 g/mol. The Bertz CT molecular complexity index is 617. The molecule has 0 N–H and O–H groups in total. The third-order valence-corrected chi connectivity index (χ3v) is 3.70. The molecule has 5 heteroatoms. The number of hydrogen-bond donors (Lipinski definition) is 0. The molecule has 0 aliphatic heterocycles. The van der Waals surface area contributed by atoms with E-state index in [0.717, 1.165) is 11.1 Å². The van der Waals surface area contributed by atoms with E-state index in [1.165, 1.54) is 6.92 Å². The molecule has 0 aliphatic carbocycles. The Morgan fingerprint density at radius 3 is 2.60 bits per heavy atom. The molecule has 1 aromatic heterocycles. The van der Waals surface area contributed by atoms with Crippen molar-refractivity contribution in [3.63, 3.8) is 0 Å². The Balaban J connectivity index is 2.54. The van der Waals surface area contributed by atoms with Crippen LogP contribution >= 0.6 is 23.2 Å².